The van der Waals surface area contributed by atoms with Crippen LogP contribution in [0.15, 0.2) is 45.9 Å². The molecule has 0 fully saturated rings. The predicted octanol–water partition coefficient (Wildman–Crippen LogP) is 3.49. The molecule has 0 saturated carbocycles. The molecule has 1 aliphatic rings. The van der Waals surface area contributed by atoms with Crippen molar-refractivity contribution in [2.75, 3.05) is 19.0 Å². The van der Waals surface area contributed by atoms with E-state index in [1.807, 2.05) is 47.9 Å². The van der Waals surface area contributed by atoms with Crippen LogP contribution in [-0.2, 0) is 0 Å². The average molecular weight is 416 g/mol. The molecule has 8 heteroatoms. The van der Waals surface area contributed by atoms with Crippen molar-refractivity contribution in [3.8, 4) is 11.5 Å². The molecule has 1 aliphatic heterocycles. The summed E-state index contributed by atoms with van der Waals surface area (Å²) in [7, 11) is 1.62. The van der Waals surface area contributed by atoms with Gasteiger partial charge in [-0.2, -0.15) is 0 Å². The Morgan fingerprint density at radius 2 is 2.12 bits per heavy atom. The fraction of sp³-hybridized carbons (Fsp3) is 0.222. The van der Waals surface area contributed by atoms with Crippen LogP contribution in [0.25, 0.3) is 11.0 Å². The molecular weight excluding hydrogens is 398 g/mol. The summed E-state index contributed by atoms with van der Waals surface area (Å²) < 4.78 is 14.0. The highest BCUT2D eigenvalue weighted by atomic mass is 79.9. The Morgan fingerprint density at radius 1 is 1.31 bits per heavy atom. The number of nitrogens with two attached hydrogens (primary N) is 1. The van der Waals surface area contributed by atoms with E-state index < -0.39 is 0 Å². The first-order valence-electron chi connectivity index (χ1n) is 8.20. The number of hydrogen-bond donors (Lipinski definition) is 2. The zero-order chi connectivity index (χ0) is 18.3. The van der Waals surface area contributed by atoms with Crippen molar-refractivity contribution < 1.29 is 9.47 Å². The highest BCUT2D eigenvalue weighted by molar-refractivity contribution is 9.10. The standard InChI is InChI=1S/C18H18BrN5O2/c1-3-26-15-11(19)8-10(9-14(15)25-2)16-22-17(20)23-18-21-12-6-4-5-7-13(12)24(16)18/h4-9,16H,3H2,1-2H3,(H3,20,21,22,23). The number of benzene rings is 2. The van der Waals surface area contributed by atoms with Gasteiger partial charge in [0, 0.05) is 5.56 Å². The summed E-state index contributed by atoms with van der Waals surface area (Å²) in [5, 5.41) is 3.04. The molecule has 0 radical (unpaired) electrons. The third-order valence-electron chi connectivity index (χ3n) is 4.18. The molecule has 1 atom stereocenters. The van der Waals surface area contributed by atoms with Crippen LogP contribution in [-0.4, -0.2) is 29.2 Å². The lowest BCUT2D eigenvalue weighted by Crippen LogP contribution is -2.31. The van der Waals surface area contributed by atoms with Crippen molar-refractivity contribution in [2.24, 2.45) is 10.7 Å². The maximum atomic E-state index is 6.00. The van der Waals surface area contributed by atoms with Crippen molar-refractivity contribution in [1.82, 2.24) is 9.55 Å². The number of anilines is 1. The average Bonchev–Trinajstić information content (AvgIpc) is 3.00. The van der Waals surface area contributed by atoms with Crippen LogP contribution in [0.4, 0.5) is 5.95 Å². The van der Waals surface area contributed by atoms with E-state index in [1.54, 1.807) is 7.11 Å². The highest BCUT2D eigenvalue weighted by Crippen LogP contribution is 2.41. The van der Waals surface area contributed by atoms with Crippen molar-refractivity contribution in [1.29, 1.82) is 0 Å². The molecule has 134 valence electrons. The molecule has 2 aromatic carbocycles. The van der Waals surface area contributed by atoms with Crippen LogP contribution < -0.4 is 20.5 Å². The largest absolute Gasteiger partial charge is 0.493 e. The van der Waals surface area contributed by atoms with Crippen LogP contribution >= 0.6 is 15.9 Å². The van der Waals surface area contributed by atoms with E-state index in [1.165, 1.54) is 0 Å². The Morgan fingerprint density at radius 3 is 2.88 bits per heavy atom. The van der Waals surface area contributed by atoms with Gasteiger partial charge in [-0.25, -0.2) is 9.98 Å². The Labute approximate surface area is 159 Å². The number of imidazole rings is 1. The van der Waals surface area contributed by atoms with Gasteiger partial charge >= 0.3 is 0 Å². The van der Waals surface area contributed by atoms with E-state index in [9.17, 15) is 0 Å². The zero-order valence-corrected chi connectivity index (χ0v) is 15.9. The summed E-state index contributed by atoms with van der Waals surface area (Å²) in [5.41, 5.74) is 8.76. The summed E-state index contributed by atoms with van der Waals surface area (Å²) in [6.07, 6.45) is -0.362. The normalized spacial score (nSPS) is 16.0. The van der Waals surface area contributed by atoms with Crippen molar-refractivity contribution >= 4 is 38.9 Å². The third-order valence-corrected chi connectivity index (χ3v) is 4.77. The molecule has 7 nitrogen and oxygen atoms in total. The lowest BCUT2D eigenvalue weighted by atomic mass is 10.1. The van der Waals surface area contributed by atoms with Crippen molar-refractivity contribution in [3.05, 3.63) is 46.4 Å². The number of aliphatic imine (C=N–C) groups is 1. The Balaban J connectivity index is 1.90. The van der Waals surface area contributed by atoms with Crippen LogP contribution in [0.1, 0.15) is 18.7 Å². The second-order valence-corrected chi connectivity index (χ2v) is 6.63. The number of aromatic nitrogens is 2. The van der Waals surface area contributed by atoms with Crippen LogP contribution in [0.3, 0.4) is 0 Å². The number of nitrogens with one attached hydrogen (secondary N) is 1. The molecule has 1 unspecified atom stereocenters. The smallest absolute Gasteiger partial charge is 0.212 e. The third kappa shape index (κ3) is 2.66. The van der Waals surface area contributed by atoms with Gasteiger partial charge in [-0.15, -0.1) is 0 Å². The van der Waals surface area contributed by atoms with Gasteiger partial charge in [-0.1, -0.05) is 12.1 Å². The van der Waals surface area contributed by atoms with Gasteiger partial charge in [0.15, 0.2) is 23.6 Å². The molecule has 3 aromatic rings. The molecular formula is C18H18BrN5O2. The molecule has 4 rings (SSSR count). The fourth-order valence-corrected chi connectivity index (χ4v) is 3.69. The quantitative estimate of drug-likeness (QED) is 0.680. The number of methoxy groups -OCH3 is 1. The van der Waals surface area contributed by atoms with E-state index in [2.05, 4.69) is 31.2 Å². The van der Waals surface area contributed by atoms with Gasteiger partial charge in [0.25, 0.3) is 0 Å². The Bertz CT molecular complexity index is 1010. The van der Waals surface area contributed by atoms with E-state index in [0.29, 0.717) is 30.0 Å². The number of nitrogens with zero attached hydrogens (tertiary/aromatic N) is 3. The highest BCUT2D eigenvalue weighted by Gasteiger charge is 2.26. The van der Waals surface area contributed by atoms with Gasteiger partial charge < -0.3 is 15.2 Å². The monoisotopic (exact) mass is 415 g/mol. The van der Waals surface area contributed by atoms with Crippen molar-refractivity contribution in [2.45, 2.75) is 13.1 Å². The van der Waals surface area contributed by atoms with E-state index in [0.717, 1.165) is 21.1 Å². The first-order valence-corrected chi connectivity index (χ1v) is 8.99. The molecule has 0 saturated heterocycles. The zero-order valence-electron chi connectivity index (χ0n) is 14.4. The molecule has 0 bridgehead atoms. The van der Waals surface area contributed by atoms with E-state index in [4.69, 9.17) is 15.2 Å². The van der Waals surface area contributed by atoms with E-state index >= 15 is 0 Å². The molecule has 1 aromatic heterocycles. The van der Waals surface area contributed by atoms with Crippen LogP contribution in [0, 0.1) is 0 Å². The summed E-state index contributed by atoms with van der Waals surface area (Å²) in [5.74, 6) is 2.28. The molecule has 2 heterocycles. The first kappa shape index (κ1) is 16.7. The minimum Gasteiger partial charge on any atom is -0.493 e. The molecule has 0 aliphatic carbocycles. The molecule has 0 amide bonds. The van der Waals surface area contributed by atoms with Crippen LogP contribution in [0.2, 0.25) is 0 Å². The number of para-hydroxylation sites is 2. The summed E-state index contributed by atoms with van der Waals surface area (Å²) in [4.78, 5) is 9.21. The minimum absolute atomic E-state index is 0.321. The summed E-state index contributed by atoms with van der Waals surface area (Å²) in [6, 6.07) is 11.8. The summed E-state index contributed by atoms with van der Waals surface area (Å²) >= 11 is 3.58. The lowest BCUT2D eigenvalue weighted by molar-refractivity contribution is 0.308. The summed E-state index contributed by atoms with van der Waals surface area (Å²) in [6.45, 7) is 2.48. The molecule has 3 N–H and O–H groups in total. The van der Waals surface area contributed by atoms with Gasteiger partial charge in [0.1, 0.15) is 0 Å². The number of guanidine groups is 1. The Hall–Kier alpha value is -2.74. The molecule has 0 spiro atoms. The number of ether oxygens (including phenoxy) is 2. The van der Waals surface area contributed by atoms with Gasteiger partial charge in [-0.05, 0) is 47.1 Å². The number of hydrogen-bond acceptors (Lipinski definition) is 6. The Kier molecular flexibility index (Phi) is 4.20. The molecule has 26 heavy (non-hydrogen) atoms. The minimum atomic E-state index is -0.362. The van der Waals surface area contributed by atoms with Crippen molar-refractivity contribution in [3.63, 3.8) is 0 Å². The fourth-order valence-electron chi connectivity index (χ4n) is 3.11. The number of rotatable bonds is 4. The first-order chi connectivity index (χ1) is 12.6. The second kappa shape index (κ2) is 6.53. The number of fused-ring (bicyclic) bond motifs is 3. The van der Waals surface area contributed by atoms with Gasteiger partial charge in [-0.3, -0.25) is 9.88 Å². The number of halogens is 1. The lowest BCUT2D eigenvalue weighted by Gasteiger charge is -2.25. The van der Waals surface area contributed by atoms with E-state index in [-0.39, 0.29) is 6.17 Å². The SMILES string of the molecule is CCOc1c(Br)cc(C2N=C(N)Nc3nc4ccccc4n32)cc1OC. The predicted molar refractivity (Wildman–Crippen MR) is 105 cm³/mol. The van der Waals surface area contributed by atoms with Gasteiger partial charge in [0.05, 0.1) is 29.2 Å². The topological polar surface area (TPSA) is 86.7 Å². The maximum absolute atomic E-state index is 6.00. The van der Waals surface area contributed by atoms with Crippen LogP contribution in [0.5, 0.6) is 11.5 Å². The van der Waals surface area contributed by atoms with Gasteiger partial charge in [0.2, 0.25) is 5.95 Å². The maximum Gasteiger partial charge on any atom is 0.212 e. The second-order valence-electron chi connectivity index (χ2n) is 5.77.